The minimum atomic E-state index is -0.312. The van der Waals surface area contributed by atoms with E-state index < -0.39 is 0 Å². The number of H-pyrrole nitrogens is 1. The second-order valence-corrected chi connectivity index (χ2v) is 6.07. The molecule has 3 aromatic heterocycles. The Morgan fingerprint density at radius 2 is 1.93 bits per heavy atom. The number of hydrogen-bond acceptors (Lipinski definition) is 4. The number of imidazole rings is 2. The summed E-state index contributed by atoms with van der Waals surface area (Å²) in [6, 6.07) is 13.9. The van der Waals surface area contributed by atoms with Gasteiger partial charge in [0.15, 0.2) is 5.82 Å². The van der Waals surface area contributed by atoms with Crippen LogP contribution in [0.4, 0.5) is 4.39 Å². The third-order valence-corrected chi connectivity index (χ3v) is 4.44. The summed E-state index contributed by atoms with van der Waals surface area (Å²) in [6.07, 6.45) is 3.57. The molecule has 7 heteroatoms. The first-order valence-corrected chi connectivity index (χ1v) is 8.36. The molecule has 0 spiro atoms. The zero-order valence-corrected chi connectivity index (χ0v) is 14.3. The van der Waals surface area contributed by atoms with E-state index in [9.17, 15) is 4.39 Å². The van der Waals surface area contributed by atoms with E-state index in [4.69, 9.17) is 4.74 Å². The van der Waals surface area contributed by atoms with E-state index in [-0.39, 0.29) is 5.82 Å². The number of nitrogens with one attached hydrogen (secondary N) is 1. The molecule has 0 radical (unpaired) electrons. The topological polar surface area (TPSA) is 68.1 Å². The molecule has 132 valence electrons. The average Bonchev–Trinajstić information content (AvgIpc) is 3.28. The first-order chi connectivity index (χ1) is 13.2. The molecule has 0 saturated carbocycles. The summed E-state index contributed by atoms with van der Waals surface area (Å²) < 4.78 is 20.7. The van der Waals surface area contributed by atoms with Crippen molar-refractivity contribution in [3.63, 3.8) is 0 Å². The van der Waals surface area contributed by atoms with Crippen LogP contribution in [0.3, 0.4) is 0 Å². The van der Waals surface area contributed by atoms with Crippen LogP contribution in [0.1, 0.15) is 0 Å². The molecule has 3 heterocycles. The fraction of sp³-hybridized carbons (Fsp3) is 0.0500. The van der Waals surface area contributed by atoms with Crippen LogP contribution < -0.4 is 4.74 Å². The van der Waals surface area contributed by atoms with Crippen molar-refractivity contribution in [2.24, 2.45) is 0 Å². The summed E-state index contributed by atoms with van der Waals surface area (Å²) in [6.45, 7) is 0. The molecule has 1 N–H and O–H groups in total. The summed E-state index contributed by atoms with van der Waals surface area (Å²) in [5, 5.41) is 0. The summed E-state index contributed by atoms with van der Waals surface area (Å²) in [4.78, 5) is 16.9. The highest BCUT2D eigenvalue weighted by atomic mass is 19.1. The van der Waals surface area contributed by atoms with Gasteiger partial charge in [0.05, 0.1) is 18.1 Å². The second-order valence-electron chi connectivity index (χ2n) is 6.07. The number of hydrogen-bond donors (Lipinski definition) is 1. The molecule has 0 fully saturated rings. The maximum atomic E-state index is 13.6. The summed E-state index contributed by atoms with van der Waals surface area (Å²) >= 11 is 0. The number of fused-ring (bicyclic) bond motifs is 2. The fourth-order valence-corrected chi connectivity index (χ4v) is 3.16. The van der Waals surface area contributed by atoms with Gasteiger partial charge in [0, 0.05) is 18.0 Å². The molecule has 0 unspecified atom stereocenters. The van der Waals surface area contributed by atoms with Gasteiger partial charge in [0.2, 0.25) is 5.78 Å². The predicted octanol–water partition coefficient (Wildman–Crippen LogP) is 4.09. The lowest BCUT2D eigenvalue weighted by Gasteiger charge is -2.04. The summed E-state index contributed by atoms with van der Waals surface area (Å²) in [5.41, 5.74) is 3.72. The highest BCUT2D eigenvalue weighted by Crippen LogP contribution is 2.32. The molecule has 2 aromatic carbocycles. The SMILES string of the molecule is COc1ccc(-c2nc3ncccn3c2-c2nc3ccc(F)cc3[nH]2)cc1. The number of nitrogens with zero attached hydrogens (tertiary/aromatic N) is 4. The van der Waals surface area contributed by atoms with E-state index in [1.54, 1.807) is 19.4 Å². The quantitative estimate of drug-likeness (QED) is 0.527. The third-order valence-electron chi connectivity index (χ3n) is 4.44. The molecular formula is C20H14FN5O. The molecule has 5 aromatic rings. The van der Waals surface area contributed by atoms with E-state index in [0.717, 1.165) is 22.7 Å². The maximum absolute atomic E-state index is 13.6. The van der Waals surface area contributed by atoms with Gasteiger partial charge in [0.1, 0.15) is 23.0 Å². The van der Waals surface area contributed by atoms with Gasteiger partial charge in [-0.1, -0.05) is 0 Å². The highest BCUT2D eigenvalue weighted by molar-refractivity contribution is 5.84. The van der Waals surface area contributed by atoms with Crippen molar-refractivity contribution in [3.8, 4) is 28.5 Å². The van der Waals surface area contributed by atoms with Gasteiger partial charge in [-0.3, -0.25) is 4.40 Å². The average molecular weight is 359 g/mol. The standard InChI is InChI=1S/C20H14FN5O/c1-27-14-6-3-12(4-7-14)17-18(26-10-2-9-22-20(26)25-17)19-23-15-8-5-13(21)11-16(15)24-19/h2-11H,1H3,(H,23,24). The van der Waals surface area contributed by atoms with Crippen molar-refractivity contribution in [3.05, 3.63) is 66.7 Å². The Kier molecular flexibility index (Phi) is 3.39. The number of ether oxygens (including phenoxy) is 1. The van der Waals surface area contributed by atoms with Crippen molar-refractivity contribution in [2.75, 3.05) is 7.11 Å². The minimum Gasteiger partial charge on any atom is -0.497 e. The number of aromatic nitrogens is 5. The molecule has 5 rings (SSSR count). The molecule has 0 amide bonds. The summed E-state index contributed by atoms with van der Waals surface area (Å²) in [7, 11) is 1.63. The molecule has 0 aliphatic rings. The van der Waals surface area contributed by atoms with Crippen LogP contribution in [0.5, 0.6) is 5.75 Å². The van der Waals surface area contributed by atoms with Crippen LogP contribution in [0.25, 0.3) is 39.6 Å². The van der Waals surface area contributed by atoms with Crippen LogP contribution >= 0.6 is 0 Å². The zero-order chi connectivity index (χ0) is 18.4. The van der Waals surface area contributed by atoms with Gasteiger partial charge in [-0.15, -0.1) is 0 Å². The van der Waals surface area contributed by atoms with Crippen LogP contribution in [0.2, 0.25) is 0 Å². The largest absolute Gasteiger partial charge is 0.497 e. The molecule has 27 heavy (non-hydrogen) atoms. The lowest BCUT2D eigenvalue weighted by molar-refractivity contribution is 0.415. The molecule has 0 saturated heterocycles. The Morgan fingerprint density at radius 3 is 2.74 bits per heavy atom. The molecule has 0 aliphatic heterocycles. The molecule has 6 nitrogen and oxygen atoms in total. The normalized spacial score (nSPS) is 11.3. The van der Waals surface area contributed by atoms with E-state index in [0.29, 0.717) is 22.6 Å². The molecule has 0 aliphatic carbocycles. The highest BCUT2D eigenvalue weighted by Gasteiger charge is 2.19. The number of aromatic amines is 1. The Balaban J connectivity index is 1.78. The molecule has 0 bridgehead atoms. The Labute approximate surface area is 153 Å². The van der Waals surface area contributed by atoms with E-state index in [1.165, 1.54) is 12.1 Å². The number of rotatable bonds is 3. The summed E-state index contributed by atoms with van der Waals surface area (Å²) in [5.74, 6) is 1.61. The van der Waals surface area contributed by atoms with Crippen molar-refractivity contribution in [1.82, 2.24) is 24.3 Å². The van der Waals surface area contributed by atoms with Gasteiger partial charge in [-0.2, -0.15) is 0 Å². The van der Waals surface area contributed by atoms with Gasteiger partial charge in [-0.05, 0) is 48.5 Å². The van der Waals surface area contributed by atoms with E-state index >= 15 is 0 Å². The first kappa shape index (κ1) is 15.5. The Hall–Kier alpha value is -3.74. The number of methoxy groups -OCH3 is 1. The number of benzene rings is 2. The minimum absolute atomic E-state index is 0.312. The fourth-order valence-electron chi connectivity index (χ4n) is 3.16. The van der Waals surface area contributed by atoms with Gasteiger partial charge in [0.25, 0.3) is 0 Å². The van der Waals surface area contributed by atoms with Gasteiger partial charge < -0.3 is 9.72 Å². The van der Waals surface area contributed by atoms with E-state index in [1.807, 2.05) is 40.9 Å². The molecule has 0 atom stereocenters. The van der Waals surface area contributed by atoms with Gasteiger partial charge >= 0.3 is 0 Å². The van der Waals surface area contributed by atoms with Crippen molar-refractivity contribution < 1.29 is 9.13 Å². The predicted molar refractivity (Wildman–Crippen MR) is 100 cm³/mol. The first-order valence-electron chi connectivity index (χ1n) is 8.36. The monoisotopic (exact) mass is 359 g/mol. The van der Waals surface area contributed by atoms with Crippen LogP contribution in [-0.2, 0) is 0 Å². The maximum Gasteiger partial charge on any atom is 0.234 e. The van der Waals surface area contributed by atoms with Gasteiger partial charge in [-0.25, -0.2) is 19.3 Å². The van der Waals surface area contributed by atoms with Crippen LogP contribution in [0.15, 0.2) is 60.9 Å². The van der Waals surface area contributed by atoms with Crippen molar-refractivity contribution in [1.29, 1.82) is 0 Å². The van der Waals surface area contributed by atoms with Crippen LogP contribution in [0, 0.1) is 5.82 Å². The number of halogens is 1. The molecular weight excluding hydrogens is 345 g/mol. The van der Waals surface area contributed by atoms with Crippen molar-refractivity contribution in [2.45, 2.75) is 0 Å². The zero-order valence-electron chi connectivity index (χ0n) is 14.3. The van der Waals surface area contributed by atoms with E-state index in [2.05, 4.69) is 19.9 Å². The Morgan fingerprint density at radius 1 is 1.07 bits per heavy atom. The second kappa shape index (κ2) is 5.91. The van der Waals surface area contributed by atoms with Crippen LogP contribution in [-0.4, -0.2) is 31.4 Å². The smallest absolute Gasteiger partial charge is 0.234 e. The lowest BCUT2D eigenvalue weighted by atomic mass is 10.1. The third kappa shape index (κ3) is 2.52. The van der Waals surface area contributed by atoms with Crippen molar-refractivity contribution >= 4 is 16.8 Å². The Bertz CT molecular complexity index is 1270. The lowest BCUT2D eigenvalue weighted by Crippen LogP contribution is -1.92.